The lowest BCUT2D eigenvalue weighted by Crippen LogP contribution is -2.30. The summed E-state index contributed by atoms with van der Waals surface area (Å²) >= 11 is 0. The highest BCUT2D eigenvalue weighted by atomic mass is 16.4. The van der Waals surface area contributed by atoms with Gasteiger partial charge >= 0.3 is 0 Å². The van der Waals surface area contributed by atoms with Gasteiger partial charge in [0.2, 0.25) is 5.91 Å². The van der Waals surface area contributed by atoms with Gasteiger partial charge in [-0.1, -0.05) is 0 Å². The van der Waals surface area contributed by atoms with Crippen molar-refractivity contribution in [1.82, 2.24) is 10.2 Å². The third-order valence-corrected chi connectivity index (χ3v) is 3.15. The first-order valence-corrected chi connectivity index (χ1v) is 6.46. The SMILES string of the molecule is O=C(CCNCc1ccc(CO)o1)N1CCCC1. The van der Waals surface area contributed by atoms with E-state index in [1.807, 2.05) is 11.0 Å². The summed E-state index contributed by atoms with van der Waals surface area (Å²) < 4.78 is 5.33. The minimum atomic E-state index is -0.0759. The zero-order valence-electron chi connectivity index (χ0n) is 10.5. The Morgan fingerprint density at radius 1 is 1.33 bits per heavy atom. The summed E-state index contributed by atoms with van der Waals surface area (Å²) in [5.41, 5.74) is 0. The van der Waals surface area contributed by atoms with Crippen LogP contribution in [0.4, 0.5) is 0 Å². The Morgan fingerprint density at radius 2 is 2.06 bits per heavy atom. The van der Waals surface area contributed by atoms with Crippen LogP contribution in [0.3, 0.4) is 0 Å². The quantitative estimate of drug-likeness (QED) is 0.737. The lowest BCUT2D eigenvalue weighted by molar-refractivity contribution is -0.130. The van der Waals surface area contributed by atoms with Crippen LogP contribution >= 0.6 is 0 Å². The van der Waals surface area contributed by atoms with Crippen molar-refractivity contribution in [2.24, 2.45) is 0 Å². The normalized spacial score (nSPS) is 15.3. The fourth-order valence-electron chi connectivity index (χ4n) is 2.13. The maximum atomic E-state index is 11.7. The number of hydrogen-bond donors (Lipinski definition) is 2. The van der Waals surface area contributed by atoms with Crippen molar-refractivity contribution in [2.45, 2.75) is 32.4 Å². The van der Waals surface area contributed by atoms with Gasteiger partial charge < -0.3 is 19.7 Å². The van der Waals surface area contributed by atoms with Gasteiger partial charge in [-0.25, -0.2) is 0 Å². The molecule has 0 aromatic carbocycles. The number of aliphatic hydroxyl groups excluding tert-OH is 1. The van der Waals surface area contributed by atoms with Gasteiger partial charge in [0.05, 0.1) is 6.54 Å². The van der Waals surface area contributed by atoms with Gasteiger partial charge in [0.25, 0.3) is 0 Å². The van der Waals surface area contributed by atoms with Crippen molar-refractivity contribution in [3.63, 3.8) is 0 Å². The van der Waals surface area contributed by atoms with Crippen LogP contribution in [0, 0.1) is 0 Å². The molecule has 0 radical (unpaired) electrons. The van der Waals surface area contributed by atoms with Gasteiger partial charge in [0.1, 0.15) is 18.1 Å². The molecule has 0 unspecified atom stereocenters. The number of rotatable bonds is 6. The summed E-state index contributed by atoms with van der Waals surface area (Å²) in [5, 5.41) is 12.0. The van der Waals surface area contributed by atoms with E-state index >= 15 is 0 Å². The van der Waals surface area contributed by atoms with Crippen LogP contribution in [0.25, 0.3) is 0 Å². The molecule has 2 N–H and O–H groups in total. The van der Waals surface area contributed by atoms with Gasteiger partial charge in [0.15, 0.2) is 0 Å². The zero-order valence-corrected chi connectivity index (χ0v) is 10.5. The molecule has 5 heteroatoms. The topological polar surface area (TPSA) is 65.7 Å². The Balaban J connectivity index is 1.62. The van der Waals surface area contributed by atoms with Crippen molar-refractivity contribution < 1.29 is 14.3 Å². The molecule has 2 heterocycles. The van der Waals surface area contributed by atoms with Crippen LogP contribution in [0.2, 0.25) is 0 Å². The maximum Gasteiger partial charge on any atom is 0.223 e. The molecule has 0 bridgehead atoms. The molecule has 0 saturated carbocycles. The zero-order chi connectivity index (χ0) is 12.8. The first-order chi connectivity index (χ1) is 8.79. The van der Waals surface area contributed by atoms with Crippen molar-refractivity contribution in [1.29, 1.82) is 0 Å². The van der Waals surface area contributed by atoms with Crippen LogP contribution in [-0.2, 0) is 17.9 Å². The standard InChI is InChI=1S/C13H20N2O3/c16-10-12-4-3-11(18-12)9-14-6-5-13(17)15-7-1-2-8-15/h3-4,14,16H,1-2,5-10H2. The van der Waals surface area contributed by atoms with Crippen LogP contribution in [0.15, 0.2) is 16.5 Å². The minimum absolute atomic E-state index is 0.0759. The first-order valence-electron chi connectivity index (χ1n) is 6.46. The van der Waals surface area contributed by atoms with E-state index in [-0.39, 0.29) is 12.5 Å². The van der Waals surface area contributed by atoms with Gasteiger partial charge in [-0.2, -0.15) is 0 Å². The highest BCUT2D eigenvalue weighted by Crippen LogP contribution is 2.09. The number of hydrogen-bond acceptors (Lipinski definition) is 4. The smallest absolute Gasteiger partial charge is 0.223 e. The third-order valence-electron chi connectivity index (χ3n) is 3.15. The lowest BCUT2D eigenvalue weighted by Gasteiger charge is -2.14. The van der Waals surface area contributed by atoms with E-state index in [2.05, 4.69) is 5.32 Å². The number of nitrogens with one attached hydrogen (secondary N) is 1. The summed E-state index contributed by atoms with van der Waals surface area (Å²) in [5.74, 6) is 1.59. The monoisotopic (exact) mass is 252 g/mol. The summed E-state index contributed by atoms with van der Waals surface area (Å²) in [6, 6.07) is 3.59. The summed E-state index contributed by atoms with van der Waals surface area (Å²) in [7, 11) is 0. The van der Waals surface area contributed by atoms with Crippen LogP contribution in [0.5, 0.6) is 0 Å². The van der Waals surface area contributed by atoms with Gasteiger partial charge in [-0.3, -0.25) is 4.79 Å². The largest absolute Gasteiger partial charge is 0.462 e. The molecule has 1 saturated heterocycles. The number of likely N-dealkylation sites (tertiary alicyclic amines) is 1. The number of carbonyl (C=O) groups is 1. The number of amides is 1. The van der Waals surface area contributed by atoms with Crippen LogP contribution in [0.1, 0.15) is 30.8 Å². The molecule has 100 valence electrons. The molecule has 1 fully saturated rings. The fraction of sp³-hybridized carbons (Fsp3) is 0.615. The van der Waals surface area contributed by atoms with Crippen molar-refractivity contribution in [3.05, 3.63) is 23.7 Å². The van der Waals surface area contributed by atoms with E-state index < -0.39 is 0 Å². The van der Waals surface area contributed by atoms with Crippen molar-refractivity contribution in [3.8, 4) is 0 Å². The van der Waals surface area contributed by atoms with Gasteiger partial charge in [-0.05, 0) is 25.0 Å². The Bertz CT molecular complexity index is 383. The van der Waals surface area contributed by atoms with Crippen molar-refractivity contribution in [2.75, 3.05) is 19.6 Å². The molecule has 0 atom stereocenters. The minimum Gasteiger partial charge on any atom is -0.462 e. The average Bonchev–Trinajstić information content (AvgIpc) is 3.05. The van der Waals surface area contributed by atoms with Gasteiger partial charge in [0, 0.05) is 26.1 Å². The predicted octanol–water partition coefficient (Wildman–Crippen LogP) is 0.874. The molecule has 1 aliphatic heterocycles. The van der Waals surface area contributed by atoms with Crippen molar-refractivity contribution >= 4 is 5.91 Å². The van der Waals surface area contributed by atoms with E-state index in [0.717, 1.165) is 31.7 Å². The molecule has 0 spiro atoms. The second-order valence-electron chi connectivity index (χ2n) is 4.54. The number of furan rings is 1. The number of carbonyl (C=O) groups excluding carboxylic acids is 1. The van der Waals surface area contributed by atoms with E-state index in [4.69, 9.17) is 9.52 Å². The molecule has 1 amide bonds. The number of aliphatic hydroxyl groups is 1. The van der Waals surface area contributed by atoms with E-state index in [1.54, 1.807) is 6.07 Å². The van der Waals surface area contributed by atoms with E-state index in [0.29, 0.717) is 25.3 Å². The summed E-state index contributed by atoms with van der Waals surface area (Å²) in [6.07, 6.45) is 2.80. The van der Waals surface area contributed by atoms with E-state index in [1.165, 1.54) is 0 Å². The third kappa shape index (κ3) is 3.58. The Hall–Kier alpha value is -1.33. The molecule has 5 nitrogen and oxygen atoms in total. The first kappa shape index (κ1) is 13.1. The Morgan fingerprint density at radius 3 is 2.72 bits per heavy atom. The second kappa shape index (κ2) is 6.56. The molecule has 1 aliphatic rings. The lowest BCUT2D eigenvalue weighted by atomic mass is 10.3. The molecular formula is C13H20N2O3. The Kier molecular flexibility index (Phi) is 4.78. The summed E-state index contributed by atoms with van der Waals surface area (Å²) in [4.78, 5) is 13.7. The molecule has 2 rings (SSSR count). The Labute approximate surface area is 107 Å². The summed E-state index contributed by atoms with van der Waals surface area (Å²) in [6.45, 7) is 3.00. The highest BCUT2D eigenvalue weighted by molar-refractivity contribution is 5.76. The van der Waals surface area contributed by atoms with Gasteiger partial charge in [-0.15, -0.1) is 0 Å². The highest BCUT2D eigenvalue weighted by Gasteiger charge is 2.16. The average molecular weight is 252 g/mol. The molecular weight excluding hydrogens is 232 g/mol. The van der Waals surface area contributed by atoms with Crippen LogP contribution < -0.4 is 5.32 Å². The molecule has 0 aliphatic carbocycles. The van der Waals surface area contributed by atoms with E-state index in [9.17, 15) is 4.79 Å². The molecule has 1 aromatic heterocycles. The van der Waals surface area contributed by atoms with Crippen LogP contribution in [-0.4, -0.2) is 35.5 Å². The maximum absolute atomic E-state index is 11.7. The second-order valence-corrected chi connectivity index (χ2v) is 4.54. The fourth-order valence-corrected chi connectivity index (χ4v) is 2.13. The molecule has 18 heavy (non-hydrogen) atoms. The molecule has 1 aromatic rings. The predicted molar refractivity (Wildman–Crippen MR) is 66.8 cm³/mol. The number of nitrogens with zero attached hydrogens (tertiary/aromatic N) is 1.